The van der Waals surface area contributed by atoms with Gasteiger partial charge in [-0.15, -0.1) is 11.3 Å². The first-order valence-corrected chi connectivity index (χ1v) is 7.90. The molecule has 0 aliphatic rings. The van der Waals surface area contributed by atoms with Crippen LogP contribution in [0.4, 0.5) is 5.69 Å². The van der Waals surface area contributed by atoms with Crippen LogP contribution in [-0.2, 0) is 6.54 Å². The van der Waals surface area contributed by atoms with E-state index in [0.717, 1.165) is 21.6 Å². The molecule has 5 heteroatoms. The molecule has 0 fully saturated rings. The molecule has 2 aromatic rings. The summed E-state index contributed by atoms with van der Waals surface area (Å²) in [5.41, 5.74) is 10.3. The molecule has 19 heavy (non-hydrogen) atoms. The number of rotatable bonds is 4. The van der Waals surface area contributed by atoms with Crippen molar-refractivity contribution in [1.29, 1.82) is 0 Å². The predicted octanol–water partition coefficient (Wildman–Crippen LogP) is 4.09. The van der Waals surface area contributed by atoms with E-state index in [-0.39, 0.29) is 0 Å². The number of aryl methyl sites for hydroxylation is 1. The average molecular weight is 355 g/mol. The third-order valence-electron chi connectivity index (χ3n) is 2.87. The van der Waals surface area contributed by atoms with Gasteiger partial charge in [0.05, 0.1) is 3.79 Å². The monoisotopic (exact) mass is 354 g/mol. The number of nitrogens with two attached hydrogens (primary N) is 1. The second-order valence-electron chi connectivity index (χ2n) is 4.50. The van der Waals surface area contributed by atoms with E-state index in [1.54, 1.807) is 11.3 Å². The molecule has 0 aliphatic carbocycles. The van der Waals surface area contributed by atoms with Crippen molar-refractivity contribution < 1.29 is 0 Å². The van der Waals surface area contributed by atoms with Gasteiger partial charge in [0.2, 0.25) is 0 Å². The molecule has 0 atom stereocenters. The van der Waals surface area contributed by atoms with Gasteiger partial charge in [0.15, 0.2) is 0 Å². The van der Waals surface area contributed by atoms with Gasteiger partial charge in [0.25, 0.3) is 0 Å². The third kappa shape index (κ3) is 3.55. The van der Waals surface area contributed by atoms with Crippen molar-refractivity contribution in [3.63, 3.8) is 0 Å². The van der Waals surface area contributed by atoms with Crippen LogP contribution in [0, 0.1) is 6.92 Å². The van der Waals surface area contributed by atoms with E-state index in [1.807, 2.05) is 12.1 Å². The number of thiophene rings is 1. The van der Waals surface area contributed by atoms with Gasteiger partial charge in [-0.25, -0.2) is 0 Å². The fourth-order valence-corrected chi connectivity index (χ4v) is 3.33. The number of benzene rings is 1. The second kappa shape index (κ2) is 6.03. The summed E-state index contributed by atoms with van der Waals surface area (Å²) >= 11 is 10.3. The second-order valence-corrected chi connectivity index (χ2v) is 7.23. The zero-order valence-corrected chi connectivity index (χ0v) is 14.0. The molecule has 0 aliphatic heterocycles. The Morgan fingerprint density at radius 3 is 2.74 bits per heavy atom. The van der Waals surface area contributed by atoms with E-state index >= 15 is 0 Å². The first-order chi connectivity index (χ1) is 8.97. The summed E-state index contributed by atoms with van der Waals surface area (Å²) in [6.07, 6.45) is 0. The van der Waals surface area contributed by atoms with Gasteiger partial charge in [0, 0.05) is 24.8 Å². The Labute approximate surface area is 131 Å². The zero-order chi connectivity index (χ0) is 14.0. The number of halogens is 1. The van der Waals surface area contributed by atoms with Crippen LogP contribution in [0.5, 0.6) is 0 Å². The summed E-state index contributed by atoms with van der Waals surface area (Å²) in [7, 11) is 2.06. The summed E-state index contributed by atoms with van der Waals surface area (Å²) in [5, 5.41) is 2.15. The quantitative estimate of drug-likeness (QED) is 0.838. The summed E-state index contributed by atoms with van der Waals surface area (Å²) in [6.45, 7) is 2.91. The Morgan fingerprint density at radius 2 is 2.16 bits per heavy atom. The molecular formula is C14H15BrN2S2. The number of thiocarbonyl (C=S) groups is 1. The SMILES string of the molecule is Cc1ccc(C(N)=S)c(N(C)Cc2csc(Br)c2)c1. The Balaban J connectivity index is 2.29. The van der Waals surface area contributed by atoms with E-state index < -0.39 is 0 Å². The smallest absolute Gasteiger partial charge is 0.106 e. The van der Waals surface area contributed by atoms with Crippen molar-refractivity contribution >= 4 is 50.2 Å². The Kier molecular flexibility index (Phi) is 4.60. The van der Waals surface area contributed by atoms with Gasteiger partial charge in [-0.3, -0.25) is 0 Å². The van der Waals surface area contributed by atoms with Crippen molar-refractivity contribution in [1.82, 2.24) is 0 Å². The van der Waals surface area contributed by atoms with Crippen LogP contribution in [0.1, 0.15) is 16.7 Å². The first kappa shape index (κ1) is 14.5. The Hall–Kier alpha value is -0.910. The molecule has 0 amide bonds. The van der Waals surface area contributed by atoms with Crippen LogP contribution >= 0.6 is 39.5 Å². The molecule has 1 heterocycles. The van der Waals surface area contributed by atoms with Gasteiger partial charge in [-0.05, 0) is 57.6 Å². The molecule has 0 saturated heterocycles. The van der Waals surface area contributed by atoms with Crippen LogP contribution in [0.3, 0.4) is 0 Å². The number of anilines is 1. The summed E-state index contributed by atoms with van der Waals surface area (Å²) < 4.78 is 1.15. The molecule has 100 valence electrons. The lowest BCUT2D eigenvalue weighted by Gasteiger charge is -2.22. The average Bonchev–Trinajstić information content (AvgIpc) is 2.74. The van der Waals surface area contributed by atoms with E-state index in [1.165, 1.54) is 11.1 Å². The minimum absolute atomic E-state index is 0.438. The van der Waals surface area contributed by atoms with Crippen molar-refractivity contribution in [3.8, 4) is 0 Å². The predicted molar refractivity (Wildman–Crippen MR) is 91.2 cm³/mol. The van der Waals surface area contributed by atoms with Crippen LogP contribution in [-0.4, -0.2) is 12.0 Å². The Bertz CT molecular complexity index is 607. The Morgan fingerprint density at radius 1 is 1.42 bits per heavy atom. The molecule has 0 saturated carbocycles. The van der Waals surface area contributed by atoms with E-state index in [9.17, 15) is 0 Å². The van der Waals surface area contributed by atoms with Crippen LogP contribution in [0.2, 0.25) is 0 Å². The largest absolute Gasteiger partial charge is 0.389 e. The first-order valence-electron chi connectivity index (χ1n) is 5.82. The highest BCUT2D eigenvalue weighted by Crippen LogP contribution is 2.26. The van der Waals surface area contributed by atoms with Crippen molar-refractivity contribution in [2.24, 2.45) is 5.73 Å². The minimum atomic E-state index is 0.438. The minimum Gasteiger partial charge on any atom is -0.389 e. The number of hydrogen-bond acceptors (Lipinski definition) is 3. The number of hydrogen-bond donors (Lipinski definition) is 1. The van der Waals surface area contributed by atoms with E-state index in [4.69, 9.17) is 18.0 Å². The van der Waals surface area contributed by atoms with E-state index in [0.29, 0.717) is 4.99 Å². The maximum Gasteiger partial charge on any atom is 0.106 e. The standard InChI is InChI=1S/C14H15BrN2S2/c1-9-3-4-11(14(16)18)12(5-9)17(2)7-10-6-13(15)19-8-10/h3-6,8H,7H2,1-2H3,(H2,16,18). The van der Waals surface area contributed by atoms with Crippen LogP contribution in [0.15, 0.2) is 33.4 Å². The molecule has 1 aromatic carbocycles. The highest BCUT2D eigenvalue weighted by Gasteiger charge is 2.11. The fourth-order valence-electron chi connectivity index (χ4n) is 1.95. The van der Waals surface area contributed by atoms with Gasteiger partial charge in [-0.1, -0.05) is 18.3 Å². The maximum absolute atomic E-state index is 5.80. The highest BCUT2D eigenvalue weighted by molar-refractivity contribution is 9.11. The summed E-state index contributed by atoms with van der Waals surface area (Å²) in [5.74, 6) is 0. The maximum atomic E-state index is 5.80. The van der Waals surface area contributed by atoms with Crippen molar-refractivity contribution in [2.75, 3.05) is 11.9 Å². The van der Waals surface area contributed by atoms with Gasteiger partial charge >= 0.3 is 0 Å². The van der Waals surface area contributed by atoms with Crippen molar-refractivity contribution in [3.05, 3.63) is 50.1 Å². The molecule has 2 rings (SSSR count). The van der Waals surface area contributed by atoms with Crippen LogP contribution in [0.25, 0.3) is 0 Å². The summed E-state index contributed by atoms with van der Waals surface area (Å²) in [6, 6.07) is 8.29. The lowest BCUT2D eigenvalue weighted by Crippen LogP contribution is -2.21. The molecule has 0 unspecified atom stereocenters. The lowest BCUT2D eigenvalue weighted by molar-refractivity contribution is 0.925. The van der Waals surface area contributed by atoms with Crippen LogP contribution < -0.4 is 10.6 Å². The van der Waals surface area contributed by atoms with Gasteiger partial charge < -0.3 is 10.6 Å². The number of nitrogens with zero attached hydrogens (tertiary/aromatic N) is 1. The van der Waals surface area contributed by atoms with Crippen molar-refractivity contribution in [2.45, 2.75) is 13.5 Å². The molecule has 0 bridgehead atoms. The highest BCUT2D eigenvalue weighted by atomic mass is 79.9. The lowest BCUT2D eigenvalue weighted by atomic mass is 10.1. The molecule has 0 spiro atoms. The molecule has 0 radical (unpaired) electrons. The van der Waals surface area contributed by atoms with E-state index in [2.05, 4.69) is 52.3 Å². The molecule has 2 nitrogen and oxygen atoms in total. The zero-order valence-electron chi connectivity index (χ0n) is 10.8. The van der Waals surface area contributed by atoms with Gasteiger partial charge in [0.1, 0.15) is 4.99 Å². The normalized spacial score (nSPS) is 10.5. The fraction of sp³-hybridized carbons (Fsp3) is 0.214. The summed E-state index contributed by atoms with van der Waals surface area (Å²) in [4.78, 5) is 2.61. The topological polar surface area (TPSA) is 29.3 Å². The molecule has 1 aromatic heterocycles. The van der Waals surface area contributed by atoms with Gasteiger partial charge in [-0.2, -0.15) is 0 Å². The third-order valence-corrected chi connectivity index (χ3v) is 4.64. The molecule has 2 N–H and O–H groups in total. The molecular weight excluding hydrogens is 340 g/mol.